The second-order valence-corrected chi connectivity index (χ2v) is 5.62. The molecule has 0 bridgehead atoms. The number of nitrogens with one attached hydrogen (secondary N) is 2. The summed E-state index contributed by atoms with van der Waals surface area (Å²) in [5.74, 6) is -0.0874. The van der Waals surface area contributed by atoms with Crippen molar-refractivity contribution in [2.45, 2.75) is 32.7 Å². The lowest BCUT2D eigenvalue weighted by atomic mass is 10.1. The van der Waals surface area contributed by atoms with Crippen LogP contribution in [0.2, 0.25) is 0 Å². The number of benzene rings is 1. The highest BCUT2D eigenvalue weighted by Crippen LogP contribution is 2.22. The van der Waals surface area contributed by atoms with Crippen molar-refractivity contribution >= 4 is 17.3 Å². The number of hydrogen-bond acceptors (Lipinski definition) is 3. The molecule has 4 heteroatoms. The van der Waals surface area contributed by atoms with E-state index in [1.807, 2.05) is 6.07 Å². The van der Waals surface area contributed by atoms with Gasteiger partial charge in [0.05, 0.1) is 11.9 Å². The predicted octanol–water partition coefficient (Wildman–Crippen LogP) is 3.33. The highest BCUT2D eigenvalue weighted by molar-refractivity contribution is 5.92. The molecule has 1 aliphatic carbocycles. The van der Waals surface area contributed by atoms with E-state index in [4.69, 9.17) is 0 Å². The summed E-state index contributed by atoms with van der Waals surface area (Å²) < 4.78 is 0. The fourth-order valence-electron chi connectivity index (χ4n) is 2.20. The van der Waals surface area contributed by atoms with Crippen molar-refractivity contribution in [3.63, 3.8) is 0 Å². The number of pyridine rings is 1. The molecule has 4 nitrogen and oxygen atoms in total. The number of carbonyl (C=O) groups excluding carboxylic acids is 1. The van der Waals surface area contributed by atoms with Crippen LogP contribution in [0, 0.1) is 13.8 Å². The van der Waals surface area contributed by atoms with E-state index in [-0.39, 0.29) is 5.91 Å². The van der Waals surface area contributed by atoms with Crippen molar-refractivity contribution in [1.29, 1.82) is 0 Å². The molecule has 1 aliphatic rings. The van der Waals surface area contributed by atoms with Crippen molar-refractivity contribution in [1.82, 2.24) is 10.3 Å². The molecule has 1 amide bonds. The van der Waals surface area contributed by atoms with Gasteiger partial charge in [-0.3, -0.25) is 4.79 Å². The Bertz CT molecular complexity index is 660. The molecule has 21 heavy (non-hydrogen) atoms. The third kappa shape index (κ3) is 3.40. The molecule has 1 aromatic heterocycles. The predicted molar refractivity (Wildman–Crippen MR) is 83.9 cm³/mol. The Balaban J connectivity index is 1.70. The van der Waals surface area contributed by atoms with Crippen molar-refractivity contribution < 1.29 is 4.79 Å². The van der Waals surface area contributed by atoms with Crippen LogP contribution in [0.25, 0.3) is 0 Å². The highest BCUT2D eigenvalue weighted by Gasteiger charge is 2.24. The van der Waals surface area contributed by atoms with Crippen LogP contribution in [0.3, 0.4) is 0 Å². The lowest BCUT2D eigenvalue weighted by Crippen LogP contribution is -2.26. The maximum atomic E-state index is 11.9. The Morgan fingerprint density at radius 2 is 2.00 bits per heavy atom. The van der Waals surface area contributed by atoms with Crippen molar-refractivity contribution in [3.8, 4) is 0 Å². The van der Waals surface area contributed by atoms with Crippen LogP contribution >= 0.6 is 0 Å². The standard InChI is InChI=1S/C17H19N3O/c1-11-3-7-15(12(2)9-11)19-14-6-8-16(18-10-14)17(21)20-13-4-5-13/h3,6-10,13,19H,4-5H2,1-2H3,(H,20,21). The summed E-state index contributed by atoms with van der Waals surface area (Å²) in [6.45, 7) is 4.14. The summed E-state index contributed by atoms with van der Waals surface area (Å²) in [5.41, 5.74) is 4.82. The molecule has 3 rings (SSSR count). The van der Waals surface area contributed by atoms with Gasteiger partial charge in [0.1, 0.15) is 5.69 Å². The number of aromatic nitrogens is 1. The van der Waals surface area contributed by atoms with Gasteiger partial charge in [0.25, 0.3) is 5.91 Å². The molecule has 1 fully saturated rings. The second kappa shape index (κ2) is 5.56. The van der Waals surface area contributed by atoms with E-state index in [1.165, 1.54) is 11.1 Å². The van der Waals surface area contributed by atoms with Gasteiger partial charge in [0.2, 0.25) is 0 Å². The number of amides is 1. The van der Waals surface area contributed by atoms with E-state index in [0.29, 0.717) is 11.7 Å². The van der Waals surface area contributed by atoms with Gasteiger partial charge >= 0.3 is 0 Å². The van der Waals surface area contributed by atoms with Gasteiger partial charge in [-0.15, -0.1) is 0 Å². The minimum Gasteiger partial charge on any atom is -0.354 e. The fourth-order valence-corrected chi connectivity index (χ4v) is 2.20. The van der Waals surface area contributed by atoms with E-state index >= 15 is 0 Å². The monoisotopic (exact) mass is 281 g/mol. The van der Waals surface area contributed by atoms with E-state index in [9.17, 15) is 4.79 Å². The Morgan fingerprint density at radius 3 is 2.62 bits per heavy atom. The lowest BCUT2D eigenvalue weighted by Gasteiger charge is -2.10. The summed E-state index contributed by atoms with van der Waals surface area (Å²) in [6.07, 6.45) is 3.86. The molecule has 0 saturated heterocycles. The van der Waals surface area contributed by atoms with Crippen molar-refractivity contribution in [2.24, 2.45) is 0 Å². The van der Waals surface area contributed by atoms with Crippen molar-refractivity contribution in [2.75, 3.05) is 5.32 Å². The second-order valence-electron chi connectivity index (χ2n) is 5.62. The summed E-state index contributed by atoms with van der Waals surface area (Å²) >= 11 is 0. The number of hydrogen-bond donors (Lipinski definition) is 2. The smallest absolute Gasteiger partial charge is 0.270 e. The van der Waals surface area contributed by atoms with Crippen LogP contribution in [-0.4, -0.2) is 16.9 Å². The molecule has 1 saturated carbocycles. The highest BCUT2D eigenvalue weighted by atomic mass is 16.2. The van der Waals surface area contributed by atoms with Crippen LogP contribution < -0.4 is 10.6 Å². The molecule has 0 aliphatic heterocycles. The first-order chi connectivity index (χ1) is 10.1. The molecule has 0 atom stereocenters. The quantitative estimate of drug-likeness (QED) is 0.903. The maximum absolute atomic E-state index is 11.9. The molecular formula is C17H19N3O. The minimum absolute atomic E-state index is 0.0874. The van der Waals surface area contributed by atoms with Gasteiger partial charge in [0.15, 0.2) is 0 Å². The Morgan fingerprint density at radius 1 is 1.19 bits per heavy atom. The molecule has 1 aromatic carbocycles. The molecule has 2 aromatic rings. The van der Waals surface area contributed by atoms with Crippen LogP contribution in [0.4, 0.5) is 11.4 Å². The Labute approximate surface area is 124 Å². The normalized spacial score (nSPS) is 13.8. The number of anilines is 2. The summed E-state index contributed by atoms with van der Waals surface area (Å²) in [7, 11) is 0. The third-order valence-corrected chi connectivity index (χ3v) is 3.57. The largest absolute Gasteiger partial charge is 0.354 e. The van der Waals surface area contributed by atoms with Crippen molar-refractivity contribution in [3.05, 3.63) is 53.3 Å². The molecule has 2 N–H and O–H groups in total. The molecule has 108 valence electrons. The SMILES string of the molecule is Cc1ccc(Nc2ccc(C(=O)NC3CC3)nc2)c(C)c1. The third-order valence-electron chi connectivity index (χ3n) is 3.57. The van der Waals surface area contributed by atoms with E-state index < -0.39 is 0 Å². The Kier molecular flexibility index (Phi) is 3.60. The average Bonchev–Trinajstić information content (AvgIpc) is 3.26. The first-order valence-corrected chi connectivity index (χ1v) is 7.23. The van der Waals surface area contributed by atoms with Crippen LogP contribution in [0.5, 0.6) is 0 Å². The Hall–Kier alpha value is -2.36. The average molecular weight is 281 g/mol. The van der Waals surface area contributed by atoms with Gasteiger partial charge in [-0.1, -0.05) is 17.7 Å². The number of carbonyl (C=O) groups is 1. The molecule has 0 unspecified atom stereocenters. The summed E-state index contributed by atoms with van der Waals surface area (Å²) in [5, 5.41) is 6.26. The van der Waals surface area contributed by atoms with E-state index in [2.05, 4.69) is 47.7 Å². The zero-order valence-electron chi connectivity index (χ0n) is 12.3. The fraction of sp³-hybridized carbons (Fsp3) is 0.294. The molecule has 0 spiro atoms. The summed E-state index contributed by atoms with van der Waals surface area (Å²) in [4.78, 5) is 16.1. The van der Waals surface area contributed by atoms with E-state index in [1.54, 1.807) is 12.3 Å². The van der Waals surface area contributed by atoms with Gasteiger partial charge < -0.3 is 10.6 Å². The molecule has 1 heterocycles. The number of rotatable bonds is 4. The first kappa shape index (κ1) is 13.6. The topological polar surface area (TPSA) is 54.0 Å². The van der Waals surface area contributed by atoms with Crippen LogP contribution in [0.1, 0.15) is 34.5 Å². The van der Waals surface area contributed by atoms with E-state index in [0.717, 1.165) is 24.2 Å². The maximum Gasteiger partial charge on any atom is 0.270 e. The summed E-state index contributed by atoms with van der Waals surface area (Å²) in [6, 6.07) is 10.2. The lowest BCUT2D eigenvalue weighted by molar-refractivity contribution is 0.0946. The van der Waals surface area contributed by atoms with Gasteiger partial charge in [-0.2, -0.15) is 0 Å². The zero-order valence-corrected chi connectivity index (χ0v) is 12.3. The zero-order chi connectivity index (χ0) is 14.8. The van der Waals surface area contributed by atoms with Gasteiger partial charge in [-0.25, -0.2) is 4.98 Å². The molecular weight excluding hydrogens is 262 g/mol. The number of aryl methyl sites for hydroxylation is 2. The van der Waals surface area contributed by atoms with Crippen LogP contribution in [0.15, 0.2) is 36.5 Å². The number of nitrogens with zero attached hydrogens (tertiary/aromatic N) is 1. The van der Waals surface area contributed by atoms with Gasteiger partial charge in [0, 0.05) is 11.7 Å². The molecule has 0 radical (unpaired) electrons. The minimum atomic E-state index is -0.0874. The first-order valence-electron chi connectivity index (χ1n) is 7.23. The van der Waals surface area contributed by atoms with Gasteiger partial charge in [-0.05, 0) is 50.5 Å². The van der Waals surface area contributed by atoms with Crippen LogP contribution in [-0.2, 0) is 0 Å².